The molecule has 0 saturated carbocycles. The minimum absolute atomic E-state index is 0.204. The molecule has 40 heavy (non-hydrogen) atoms. The summed E-state index contributed by atoms with van der Waals surface area (Å²) in [5.74, 6) is 0. The maximum Gasteiger partial charge on any atom is 0.299 e. The molecule has 4 rings (SSSR count). The number of nitro benzene ring substituents is 4. The van der Waals surface area contributed by atoms with Crippen molar-refractivity contribution in [1.82, 2.24) is 9.80 Å². The van der Waals surface area contributed by atoms with Crippen molar-refractivity contribution < 1.29 is 19.7 Å². The summed E-state index contributed by atoms with van der Waals surface area (Å²) >= 11 is 0. The van der Waals surface area contributed by atoms with Crippen molar-refractivity contribution in [3.8, 4) is 0 Å². The molecule has 2 heterocycles. The number of nitrogens with zero attached hydrogens (tertiary/aromatic N) is 8. The lowest BCUT2D eigenvalue weighted by atomic mass is 10.2. The fraction of sp³-hybridized carbons (Fsp3) is 0.500. The van der Waals surface area contributed by atoms with E-state index in [1.54, 1.807) is 0 Å². The molecule has 16 nitrogen and oxygen atoms in total. The topological polar surface area (TPSA) is 186 Å². The first-order valence-electron chi connectivity index (χ1n) is 12.9. The Kier molecular flexibility index (Phi) is 10.2. The number of piperazine rings is 2. The largest absolute Gasteiger partial charge is 0.363 e. The molecule has 16 heteroatoms. The molecule has 0 bridgehead atoms. The Balaban J connectivity index is 0.000000220. The van der Waals surface area contributed by atoms with Gasteiger partial charge >= 0.3 is 0 Å². The van der Waals surface area contributed by atoms with Crippen LogP contribution in [0.4, 0.5) is 34.1 Å². The van der Waals surface area contributed by atoms with Gasteiger partial charge in [0.1, 0.15) is 11.4 Å². The maximum absolute atomic E-state index is 11.1. The Morgan fingerprint density at radius 3 is 1.12 bits per heavy atom. The van der Waals surface area contributed by atoms with Gasteiger partial charge in [0.15, 0.2) is 0 Å². The third-order valence-corrected chi connectivity index (χ3v) is 7.05. The van der Waals surface area contributed by atoms with Crippen molar-refractivity contribution >= 4 is 34.1 Å². The zero-order valence-electron chi connectivity index (χ0n) is 22.4. The second-order valence-electron chi connectivity index (χ2n) is 9.22. The van der Waals surface area contributed by atoms with Crippen molar-refractivity contribution in [1.29, 1.82) is 0 Å². The molecule has 2 aromatic carbocycles. The average Bonchev–Trinajstić information content (AvgIpc) is 2.96. The summed E-state index contributed by atoms with van der Waals surface area (Å²) in [5, 5.41) is 43.6. The number of hydrogen-bond donors (Lipinski definition) is 0. The van der Waals surface area contributed by atoms with Crippen molar-refractivity contribution in [2.24, 2.45) is 0 Å². The van der Waals surface area contributed by atoms with E-state index in [9.17, 15) is 40.5 Å². The molecule has 2 saturated heterocycles. The van der Waals surface area contributed by atoms with Crippen LogP contribution in [-0.2, 0) is 0 Å². The van der Waals surface area contributed by atoms with E-state index in [1.807, 2.05) is 9.80 Å². The molecular weight excluding hydrogens is 528 g/mol. The summed E-state index contributed by atoms with van der Waals surface area (Å²) in [6, 6.07) is 7.63. The third-order valence-electron chi connectivity index (χ3n) is 7.05. The Morgan fingerprint density at radius 1 is 0.550 bits per heavy atom. The molecule has 2 aliphatic rings. The molecule has 0 atom stereocenters. The molecule has 2 fully saturated rings. The van der Waals surface area contributed by atoms with Gasteiger partial charge in [-0.15, -0.1) is 0 Å². The molecule has 0 aliphatic carbocycles. The van der Waals surface area contributed by atoms with E-state index in [2.05, 4.69) is 23.6 Å². The van der Waals surface area contributed by atoms with E-state index < -0.39 is 19.7 Å². The molecule has 0 radical (unpaired) electrons. The van der Waals surface area contributed by atoms with Crippen molar-refractivity contribution in [2.45, 2.75) is 13.8 Å². The van der Waals surface area contributed by atoms with E-state index in [0.717, 1.165) is 51.4 Å². The van der Waals surface area contributed by atoms with Gasteiger partial charge in [0.05, 0.1) is 31.8 Å². The fourth-order valence-electron chi connectivity index (χ4n) is 4.69. The van der Waals surface area contributed by atoms with Crippen molar-refractivity contribution in [3.63, 3.8) is 0 Å². The van der Waals surface area contributed by atoms with E-state index in [1.165, 1.54) is 24.3 Å². The zero-order chi connectivity index (χ0) is 29.4. The van der Waals surface area contributed by atoms with Crippen LogP contribution in [0, 0.1) is 40.5 Å². The van der Waals surface area contributed by atoms with Gasteiger partial charge in [0.25, 0.3) is 22.7 Å². The van der Waals surface area contributed by atoms with Gasteiger partial charge in [-0.1, -0.05) is 13.8 Å². The molecule has 216 valence electrons. The maximum atomic E-state index is 11.1. The highest BCUT2D eigenvalue weighted by molar-refractivity contribution is 5.68. The van der Waals surface area contributed by atoms with Crippen LogP contribution in [-0.4, -0.2) is 94.9 Å². The second kappa shape index (κ2) is 13.6. The van der Waals surface area contributed by atoms with E-state index >= 15 is 0 Å². The third kappa shape index (κ3) is 7.35. The molecule has 0 unspecified atom stereocenters. The smallest absolute Gasteiger partial charge is 0.299 e. The minimum atomic E-state index is -0.619. The minimum Gasteiger partial charge on any atom is -0.363 e. The van der Waals surface area contributed by atoms with E-state index in [-0.39, 0.29) is 22.7 Å². The number of anilines is 2. The monoisotopic (exact) mass is 560 g/mol. The Morgan fingerprint density at radius 2 is 0.875 bits per heavy atom. The highest BCUT2D eigenvalue weighted by Gasteiger charge is 2.27. The fourth-order valence-corrected chi connectivity index (χ4v) is 4.69. The van der Waals surface area contributed by atoms with Crippen LogP contribution < -0.4 is 9.80 Å². The summed E-state index contributed by atoms with van der Waals surface area (Å²) in [7, 11) is 0. The first-order valence-corrected chi connectivity index (χ1v) is 12.9. The summed E-state index contributed by atoms with van der Waals surface area (Å²) in [5.41, 5.74) is -0.0127. The number of rotatable bonds is 8. The highest BCUT2D eigenvalue weighted by atomic mass is 16.6. The predicted molar refractivity (Wildman–Crippen MR) is 148 cm³/mol. The van der Waals surface area contributed by atoms with E-state index in [4.69, 9.17) is 0 Å². The second-order valence-corrected chi connectivity index (χ2v) is 9.22. The lowest BCUT2D eigenvalue weighted by molar-refractivity contribution is -0.394. The van der Waals surface area contributed by atoms with Crippen LogP contribution in [0.2, 0.25) is 0 Å². The molecule has 2 aromatic rings. The van der Waals surface area contributed by atoms with Crippen LogP contribution in [0.5, 0.6) is 0 Å². The molecule has 0 spiro atoms. The zero-order valence-corrected chi connectivity index (χ0v) is 22.4. The van der Waals surface area contributed by atoms with Gasteiger partial charge in [-0.3, -0.25) is 40.5 Å². The summed E-state index contributed by atoms with van der Waals surface area (Å²) in [6.45, 7) is 12.2. The van der Waals surface area contributed by atoms with Gasteiger partial charge in [-0.2, -0.15) is 0 Å². The number of likely N-dealkylation sites (N-methyl/N-ethyl adjacent to an activating group) is 2. The van der Waals surface area contributed by atoms with Gasteiger partial charge in [0.2, 0.25) is 0 Å². The Labute approximate surface area is 230 Å². The quantitative estimate of drug-likeness (QED) is 0.339. The SMILES string of the molecule is CCN1CCN(c2ccc([N+](=O)[O-])cc2[N+](=O)[O-])CC1.CCN1CCN(c2ccc([N+](=O)[O-])cc2[N+](=O)[O-])CC1. The van der Waals surface area contributed by atoms with Crippen LogP contribution >= 0.6 is 0 Å². The molecular formula is C24H32N8O8. The standard InChI is InChI=1S/2C12H16N4O4/c2*1-2-13-5-7-14(8-6-13)11-4-3-10(15(17)18)9-12(11)16(19)20/h2*3-4,9H,2,5-8H2,1H3. The molecule has 0 aromatic heterocycles. The average molecular weight is 561 g/mol. The normalized spacial score (nSPS) is 16.1. The van der Waals surface area contributed by atoms with Crippen LogP contribution in [0.25, 0.3) is 0 Å². The predicted octanol–water partition coefficient (Wildman–Crippen LogP) is 3.29. The van der Waals surface area contributed by atoms with Crippen molar-refractivity contribution in [3.05, 3.63) is 76.9 Å². The number of non-ortho nitro benzene ring substituents is 2. The molecule has 0 amide bonds. The Bertz CT molecular complexity index is 1150. The highest BCUT2D eigenvalue weighted by Crippen LogP contribution is 2.33. The van der Waals surface area contributed by atoms with Crippen LogP contribution in [0.15, 0.2) is 36.4 Å². The van der Waals surface area contributed by atoms with Gasteiger partial charge in [-0.25, -0.2) is 0 Å². The first kappa shape index (κ1) is 30.1. The molecule has 0 N–H and O–H groups in total. The summed E-state index contributed by atoms with van der Waals surface area (Å²) in [4.78, 5) is 49.6. The van der Waals surface area contributed by atoms with Crippen LogP contribution in [0.3, 0.4) is 0 Å². The summed E-state index contributed by atoms with van der Waals surface area (Å²) in [6.07, 6.45) is 0. The van der Waals surface area contributed by atoms with Crippen molar-refractivity contribution in [2.75, 3.05) is 75.2 Å². The number of hydrogen-bond acceptors (Lipinski definition) is 12. The van der Waals surface area contributed by atoms with E-state index in [0.29, 0.717) is 37.6 Å². The van der Waals surface area contributed by atoms with Gasteiger partial charge in [0, 0.05) is 64.5 Å². The van der Waals surface area contributed by atoms with Gasteiger partial charge in [-0.05, 0) is 25.2 Å². The first-order chi connectivity index (χ1) is 19.0. The number of nitro groups is 4. The van der Waals surface area contributed by atoms with Gasteiger partial charge < -0.3 is 19.6 Å². The molecule has 2 aliphatic heterocycles. The lowest BCUT2D eigenvalue weighted by Gasteiger charge is -2.35. The lowest BCUT2D eigenvalue weighted by Crippen LogP contribution is -2.46. The Hall–Kier alpha value is -4.44. The summed E-state index contributed by atoms with van der Waals surface area (Å²) < 4.78 is 0. The number of benzene rings is 2. The van der Waals surface area contributed by atoms with Crippen LogP contribution in [0.1, 0.15) is 13.8 Å².